The Morgan fingerprint density at radius 1 is 1.88 bits per heavy atom. The third-order valence-corrected chi connectivity index (χ3v) is 0.842. The zero-order chi connectivity index (χ0) is 5.98. The number of hydrogen-bond donors (Lipinski definition) is 2. The average molecular weight is 115 g/mol. The normalized spacial score (nSPS) is 21.4. The summed E-state index contributed by atoms with van der Waals surface area (Å²) in [5, 5.41) is 2.43. The fourth-order valence-corrected chi connectivity index (χ4v) is 0.490. The Morgan fingerprint density at radius 3 is 2.88 bits per heavy atom. The maximum Gasteiger partial charge on any atom is 0.248 e. The second kappa shape index (κ2) is 2.11. The summed E-state index contributed by atoms with van der Waals surface area (Å²) in [6, 6.07) is 0. The van der Waals surface area contributed by atoms with Gasteiger partial charge in [-0.1, -0.05) is 0 Å². The van der Waals surface area contributed by atoms with Crippen LogP contribution in [0.25, 0.3) is 0 Å². The van der Waals surface area contributed by atoms with Gasteiger partial charge in [0.25, 0.3) is 0 Å². The maximum absolute atomic E-state index is 10.3. The van der Waals surface area contributed by atoms with E-state index in [-0.39, 0.29) is 19.1 Å². The molecule has 45 valence electrons. The molecule has 4 heteroatoms. The summed E-state index contributed by atoms with van der Waals surface area (Å²) in [7, 11) is 0. The number of rotatable bonds is 1. The molecule has 0 aromatic carbocycles. The molecular weight excluding hydrogens is 108 g/mol. The third-order valence-electron chi connectivity index (χ3n) is 0.842. The smallest absolute Gasteiger partial charge is 0.248 e. The molecule has 0 spiro atoms. The Balaban J connectivity index is 2.32. The molecule has 0 bridgehead atoms. The van der Waals surface area contributed by atoms with Crippen molar-refractivity contribution >= 4 is 5.91 Å². The van der Waals surface area contributed by atoms with Crippen LogP contribution in [0.3, 0.4) is 0 Å². The highest BCUT2D eigenvalue weighted by atomic mass is 16.5. The molecule has 0 aromatic heterocycles. The summed E-state index contributed by atoms with van der Waals surface area (Å²) in [5.41, 5.74) is 5.12. The predicted molar refractivity (Wildman–Crippen MR) is 26.4 cm³/mol. The van der Waals surface area contributed by atoms with Crippen LogP contribution in [-0.2, 0) is 9.53 Å². The quantitative estimate of drug-likeness (QED) is 0.441. The SMILES string of the molecule is NC[C]1NC(=O)CO1. The fourth-order valence-electron chi connectivity index (χ4n) is 0.490. The highest BCUT2D eigenvalue weighted by Crippen LogP contribution is 2.00. The van der Waals surface area contributed by atoms with Crippen molar-refractivity contribution in [1.29, 1.82) is 0 Å². The highest BCUT2D eigenvalue weighted by Gasteiger charge is 2.20. The van der Waals surface area contributed by atoms with Gasteiger partial charge in [-0.05, 0) is 0 Å². The van der Waals surface area contributed by atoms with Gasteiger partial charge in [-0.15, -0.1) is 0 Å². The van der Waals surface area contributed by atoms with E-state index >= 15 is 0 Å². The second-order valence-electron chi connectivity index (χ2n) is 1.46. The molecule has 1 amide bonds. The van der Waals surface area contributed by atoms with Crippen molar-refractivity contribution in [2.24, 2.45) is 5.73 Å². The van der Waals surface area contributed by atoms with Crippen LogP contribution in [0.15, 0.2) is 0 Å². The van der Waals surface area contributed by atoms with Crippen molar-refractivity contribution in [3.63, 3.8) is 0 Å². The molecule has 4 nitrogen and oxygen atoms in total. The Morgan fingerprint density at radius 2 is 2.62 bits per heavy atom. The van der Waals surface area contributed by atoms with E-state index in [1.807, 2.05) is 0 Å². The standard InChI is InChI=1S/C4H7N2O2/c5-1-4-6-3(7)2-8-4/h1-2,5H2,(H,6,7). The zero-order valence-corrected chi connectivity index (χ0v) is 4.31. The number of nitrogens with two attached hydrogens (primary N) is 1. The highest BCUT2D eigenvalue weighted by molar-refractivity contribution is 5.80. The van der Waals surface area contributed by atoms with Gasteiger partial charge in [-0.2, -0.15) is 0 Å². The molecule has 1 rings (SSSR count). The average Bonchev–Trinajstić information content (AvgIpc) is 2.14. The van der Waals surface area contributed by atoms with Gasteiger partial charge in [-0.25, -0.2) is 0 Å². The van der Waals surface area contributed by atoms with Gasteiger partial charge in [0.1, 0.15) is 6.61 Å². The minimum absolute atomic E-state index is 0.118. The van der Waals surface area contributed by atoms with Crippen molar-refractivity contribution in [2.45, 2.75) is 0 Å². The van der Waals surface area contributed by atoms with E-state index in [2.05, 4.69) is 5.32 Å². The van der Waals surface area contributed by atoms with Gasteiger partial charge < -0.3 is 15.8 Å². The van der Waals surface area contributed by atoms with Crippen LogP contribution in [0.4, 0.5) is 0 Å². The van der Waals surface area contributed by atoms with Crippen LogP contribution < -0.4 is 11.1 Å². The molecular formula is C4H7N2O2. The minimum atomic E-state index is -0.120. The van der Waals surface area contributed by atoms with Gasteiger partial charge in [0.2, 0.25) is 12.1 Å². The summed E-state index contributed by atoms with van der Waals surface area (Å²) in [6.45, 7) is 0.387. The van der Waals surface area contributed by atoms with Crippen LogP contribution in [-0.4, -0.2) is 19.1 Å². The van der Waals surface area contributed by atoms with Crippen molar-refractivity contribution < 1.29 is 9.53 Å². The number of carbonyl (C=O) groups excluding carboxylic acids is 1. The molecule has 8 heavy (non-hydrogen) atoms. The number of carbonyl (C=O) groups is 1. The first-order valence-corrected chi connectivity index (χ1v) is 2.31. The molecule has 0 aliphatic carbocycles. The summed E-state index contributed by atoms with van der Waals surface area (Å²) in [4.78, 5) is 10.3. The number of ether oxygens (including phenoxy) is 1. The molecule has 3 N–H and O–H groups in total. The number of amides is 1. The van der Waals surface area contributed by atoms with Crippen LogP contribution >= 0.6 is 0 Å². The van der Waals surface area contributed by atoms with Crippen molar-refractivity contribution in [2.75, 3.05) is 13.2 Å². The van der Waals surface area contributed by atoms with Gasteiger partial charge in [-0.3, -0.25) is 4.79 Å². The molecule has 0 saturated carbocycles. The van der Waals surface area contributed by atoms with Gasteiger partial charge in [0, 0.05) is 6.54 Å². The van der Waals surface area contributed by atoms with E-state index in [4.69, 9.17) is 10.5 Å². The van der Waals surface area contributed by atoms with E-state index < -0.39 is 0 Å². The van der Waals surface area contributed by atoms with Gasteiger partial charge >= 0.3 is 0 Å². The van der Waals surface area contributed by atoms with Crippen LogP contribution in [0.5, 0.6) is 0 Å². The Kier molecular flexibility index (Phi) is 1.45. The molecule has 1 radical (unpaired) electrons. The summed E-state index contributed by atoms with van der Waals surface area (Å²) in [6.07, 6.45) is 0.468. The molecule has 1 aliphatic heterocycles. The Hall–Kier alpha value is -0.610. The molecule has 0 unspecified atom stereocenters. The summed E-state index contributed by atoms with van der Waals surface area (Å²) >= 11 is 0. The summed E-state index contributed by atoms with van der Waals surface area (Å²) in [5.74, 6) is -0.120. The first-order chi connectivity index (χ1) is 3.83. The van der Waals surface area contributed by atoms with E-state index in [1.165, 1.54) is 0 Å². The second-order valence-corrected chi connectivity index (χ2v) is 1.46. The number of nitrogens with one attached hydrogen (secondary N) is 1. The Labute approximate surface area is 47.0 Å². The van der Waals surface area contributed by atoms with E-state index in [1.54, 1.807) is 0 Å². The lowest BCUT2D eigenvalue weighted by Crippen LogP contribution is -2.25. The zero-order valence-electron chi connectivity index (χ0n) is 4.31. The van der Waals surface area contributed by atoms with Crippen LogP contribution in [0.1, 0.15) is 0 Å². The van der Waals surface area contributed by atoms with Crippen LogP contribution in [0, 0.1) is 6.23 Å². The molecule has 0 aromatic rings. The molecule has 0 atom stereocenters. The number of hydrogen-bond acceptors (Lipinski definition) is 3. The Bertz CT molecular complexity index is 104. The fraction of sp³-hybridized carbons (Fsp3) is 0.500. The van der Waals surface area contributed by atoms with E-state index in [0.29, 0.717) is 6.23 Å². The van der Waals surface area contributed by atoms with E-state index in [0.717, 1.165) is 0 Å². The first-order valence-electron chi connectivity index (χ1n) is 2.31. The van der Waals surface area contributed by atoms with E-state index in [9.17, 15) is 4.79 Å². The maximum atomic E-state index is 10.3. The predicted octanol–water partition coefficient (Wildman–Crippen LogP) is -1.42. The van der Waals surface area contributed by atoms with Crippen molar-refractivity contribution in [1.82, 2.24) is 5.32 Å². The molecule has 1 saturated heterocycles. The minimum Gasteiger partial charge on any atom is -0.340 e. The topological polar surface area (TPSA) is 64.3 Å². The lowest BCUT2D eigenvalue weighted by Gasteiger charge is -1.99. The van der Waals surface area contributed by atoms with Gasteiger partial charge in [0.05, 0.1) is 0 Å². The van der Waals surface area contributed by atoms with Crippen molar-refractivity contribution in [3.8, 4) is 0 Å². The molecule has 1 aliphatic rings. The summed E-state index contributed by atoms with van der Waals surface area (Å²) < 4.78 is 4.75. The lowest BCUT2D eigenvalue weighted by molar-refractivity contribution is -0.119. The first kappa shape index (κ1) is 5.53. The lowest BCUT2D eigenvalue weighted by atomic mass is 10.6. The monoisotopic (exact) mass is 115 g/mol. The molecule has 1 heterocycles. The van der Waals surface area contributed by atoms with Gasteiger partial charge in [0.15, 0.2) is 0 Å². The third kappa shape index (κ3) is 0.962. The van der Waals surface area contributed by atoms with Crippen molar-refractivity contribution in [3.05, 3.63) is 6.23 Å². The molecule has 1 fully saturated rings. The van der Waals surface area contributed by atoms with Crippen LogP contribution in [0.2, 0.25) is 0 Å². The largest absolute Gasteiger partial charge is 0.340 e.